The Balaban J connectivity index is 0. The van der Waals surface area contributed by atoms with Gasteiger partial charge in [0, 0.05) is 13.1 Å². The zero-order valence-electron chi connectivity index (χ0n) is 16.5. The van der Waals surface area contributed by atoms with E-state index in [0.717, 1.165) is 25.2 Å². The molecule has 0 radical (unpaired) electrons. The van der Waals surface area contributed by atoms with Crippen molar-refractivity contribution in [3.63, 3.8) is 0 Å². The van der Waals surface area contributed by atoms with Crippen molar-refractivity contribution in [2.24, 2.45) is 5.92 Å². The summed E-state index contributed by atoms with van der Waals surface area (Å²) in [6.45, 7) is 17.2. The molecule has 1 nitrogen and oxygen atoms in total. The number of likely N-dealkylation sites (tertiary alicyclic amines) is 1. The Morgan fingerprint density at radius 1 is 0.885 bits per heavy atom. The largest absolute Gasteiger partial charge is 2.00 e. The van der Waals surface area contributed by atoms with Crippen LogP contribution in [0.3, 0.4) is 0 Å². The predicted octanol–water partition coefficient (Wildman–Crippen LogP) is 5.41. The van der Waals surface area contributed by atoms with Gasteiger partial charge >= 0.3 is 39.0 Å². The molecule has 1 atom stereocenters. The summed E-state index contributed by atoms with van der Waals surface area (Å²) in [6, 6.07) is 21.0. The average molecular weight is 450 g/mol. The molecule has 2 aromatic carbocycles. The van der Waals surface area contributed by atoms with Crippen LogP contribution in [-0.4, -0.2) is 18.0 Å². The first kappa shape index (κ1) is 27.6. The van der Waals surface area contributed by atoms with Gasteiger partial charge in [0.1, 0.15) is 0 Å². The third kappa shape index (κ3) is 9.36. The van der Waals surface area contributed by atoms with Gasteiger partial charge in [-0.25, -0.2) is 0 Å². The molecule has 0 amide bonds. The minimum atomic E-state index is 0. The second-order valence-electron chi connectivity index (χ2n) is 5.37. The van der Waals surface area contributed by atoms with E-state index >= 15 is 0 Å². The fourth-order valence-corrected chi connectivity index (χ4v) is 2.67. The van der Waals surface area contributed by atoms with Gasteiger partial charge in [0.2, 0.25) is 0 Å². The Labute approximate surface area is 186 Å². The monoisotopic (exact) mass is 447 g/mol. The Hall–Kier alpha value is -0.613. The molecule has 130 valence electrons. The van der Waals surface area contributed by atoms with Crippen LogP contribution in [0.4, 0.5) is 0 Å². The maximum absolute atomic E-state index is 4.27. The number of rotatable bonds is 3. The molecule has 1 saturated heterocycles. The van der Waals surface area contributed by atoms with Crippen LogP contribution in [0.1, 0.15) is 25.0 Å². The first-order chi connectivity index (χ1) is 11.8. The zero-order valence-corrected chi connectivity index (χ0v) is 22.4. The van der Waals surface area contributed by atoms with Crippen LogP contribution in [-0.2, 0) is 45.5 Å². The summed E-state index contributed by atoms with van der Waals surface area (Å²) in [5.74, 6) is 0.346. The third-order valence-corrected chi connectivity index (χ3v) is 3.69. The summed E-state index contributed by atoms with van der Waals surface area (Å²) in [5, 5.41) is 0. The van der Waals surface area contributed by atoms with Crippen LogP contribution < -0.4 is 0 Å². The molecular formula is C23H29NZn2. The number of nitrogens with zero attached hydrogens (tertiary/aromatic N) is 1. The predicted molar refractivity (Wildman–Crippen MR) is 105 cm³/mol. The summed E-state index contributed by atoms with van der Waals surface area (Å²) >= 11 is 0. The molecule has 3 rings (SSSR count). The van der Waals surface area contributed by atoms with E-state index in [4.69, 9.17) is 0 Å². The van der Waals surface area contributed by atoms with E-state index in [9.17, 15) is 0 Å². The normalized spacial score (nSPS) is 17.0. The molecule has 3 heteroatoms. The molecule has 0 saturated carbocycles. The molecule has 0 spiro atoms. The van der Waals surface area contributed by atoms with Crippen LogP contribution in [0.2, 0.25) is 0 Å². The van der Waals surface area contributed by atoms with E-state index < -0.39 is 0 Å². The van der Waals surface area contributed by atoms with Crippen LogP contribution in [0.15, 0.2) is 66.2 Å². The summed E-state index contributed by atoms with van der Waals surface area (Å²) in [5.41, 5.74) is 3.82. The van der Waals surface area contributed by atoms with Crippen LogP contribution in [0.25, 0.3) is 0 Å². The molecule has 1 unspecified atom stereocenters. The molecule has 1 fully saturated rings. The van der Waals surface area contributed by atoms with Crippen molar-refractivity contribution in [3.05, 3.63) is 104 Å². The van der Waals surface area contributed by atoms with Crippen molar-refractivity contribution in [2.45, 2.75) is 20.4 Å². The molecule has 1 aliphatic rings. The van der Waals surface area contributed by atoms with Crippen molar-refractivity contribution in [1.82, 2.24) is 4.90 Å². The summed E-state index contributed by atoms with van der Waals surface area (Å²) in [6.07, 6.45) is 3.52. The van der Waals surface area contributed by atoms with Gasteiger partial charge in [0.05, 0.1) is 0 Å². The average Bonchev–Trinajstić information content (AvgIpc) is 2.99. The second-order valence-corrected chi connectivity index (χ2v) is 5.37. The van der Waals surface area contributed by atoms with E-state index in [1.54, 1.807) is 13.8 Å². The molecular weight excluding hydrogens is 421 g/mol. The Morgan fingerprint density at radius 3 is 1.92 bits per heavy atom. The Bertz CT molecular complexity index is 582. The number of hydrogen-bond donors (Lipinski definition) is 0. The quantitative estimate of drug-likeness (QED) is 0.447. The zero-order chi connectivity index (χ0) is 17.8. The first-order valence-electron chi connectivity index (χ1n) is 8.50. The Morgan fingerprint density at radius 2 is 1.38 bits per heavy atom. The maximum atomic E-state index is 4.27. The minimum Gasteiger partial charge on any atom is -0.346 e. The van der Waals surface area contributed by atoms with Gasteiger partial charge in [-0.1, -0.05) is 36.4 Å². The van der Waals surface area contributed by atoms with Crippen LogP contribution in [0.5, 0.6) is 0 Å². The molecule has 0 aliphatic carbocycles. The fraction of sp³-hybridized carbons (Fsp3) is 0.261. The van der Waals surface area contributed by atoms with Crippen molar-refractivity contribution in [3.8, 4) is 0 Å². The fourth-order valence-electron chi connectivity index (χ4n) is 2.67. The van der Waals surface area contributed by atoms with E-state index in [2.05, 4.69) is 86.3 Å². The van der Waals surface area contributed by atoms with Crippen molar-refractivity contribution in [2.75, 3.05) is 13.1 Å². The summed E-state index contributed by atoms with van der Waals surface area (Å²) in [7, 11) is 0. The van der Waals surface area contributed by atoms with Crippen molar-refractivity contribution >= 4 is 0 Å². The molecule has 1 heterocycles. The Kier molecular flexibility index (Phi) is 17.6. The van der Waals surface area contributed by atoms with Gasteiger partial charge in [-0.3, -0.25) is 4.90 Å². The van der Waals surface area contributed by atoms with Crippen LogP contribution >= 0.6 is 0 Å². The summed E-state index contributed by atoms with van der Waals surface area (Å²) in [4.78, 5) is 2.44. The molecule has 2 aromatic rings. The minimum absolute atomic E-state index is 0. The molecule has 1 aliphatic heterocycles. The first-order valence-corrected chi connectivity index (χ1v) is 8.50. The van der Waals surface area contributed by atoms with E-state index in [1.165, 1.54) is 11.1 Å². The van der Waals surface area contributed by atoms with Crippen molar-refractivity contribution < 1.29 is 39.0 Å². The molecule has 26 heavy (non-hydrogen) atoms. The van der Waals surface area contributed by atoms with Gasteiger partial charge in [-0.15, -0.1) is 23.6 Å². The van der Waals surface area contributed by atoms with Gasteiger partial charge in [0.15, 0.2) is 0 Å². The number of hydrogen-bond acceptors (Lipinski definition) is 1. The SMILES string of the molecule is [CH2-]C.[CH2-]C.[CH2-]C1CN(Cc2ccccc2)CC1=[C-]c1ccccc1.[Zn+2].[Zn+2]. The van der Waals surface area contributed by atoms with Crippen molar-refractivity contribution in [1.29, 1.82) is 0 Å². The smallest absolute Gasteiger partial charge is 0.346 e. The van der Waals surface area contributed by atoms with Gasteiger partial charge in [-0.2, -0.15) is 37.6 Å². The third-order valence-electron chi connectivity index (χ3n) is 3.69. The maximum Gasteiger partial charge on any atom is 2.00 e. The van der Waals surface area contributed by atoms with Gasteiger partial charge < -0.3 is 20.8 Å². The molecule has 0 aromatic heterocycles. The van der Waals surface area contributed by atoms with E-state index in [1.807, 2.05) is 6.07 Å². The number of benzene rings is 2. The molecule has 0 bridgehead atoms. The van der Waals surface area contributed by atoms with Gasteiger partial charge in [-0.05, 0) is 12.1 Å². The topological polar surface area (TPSA) is 3.24 Å². The molecule has 0 N–H and O–H groups in total. The van der Waals surface area contributed by atoms with Crippen LogP contribution in [0, 0.1) is 32.8 Å². The summed E-state index contributed by atoms with van der Waals surface area (Å²) < 4.78 is 0. The standard InChI is InChI=1S/C19H19N.2C2H5.2Zn/c1-16-13-20(14-18-10-6-3-7-11-18)15-19(16)12-17-8-4-2-5-9-17;2*1-2;;/h2-11,16H,1,13-15H2;2*1H2,2H3;;/q-2;2*-1;2*+2. The van der Waals surface area contributed by atoms with E-state index in [0.29, 0.717) is 5.92 Å². The van der Waals surface area contributed by atoms with E-state index in [-0.39, 0.29) is 39.0 Å². The van der Waals surface area contributed by atoms with Gasteiger partial charge in [0.25, 0.3) is 0 Å². The second kappa shape index (κ2) is 16.6.